The Bertz CT molecular complexity index is 2280. The Morgan fingerprint density at radius 1 is 0.891 bits per heavy atom. The molecule has 1 aliphatic heterocycles. The van der Waals surface area contributed by atoms with E-state index in [1.54, 1.807) is 24.4 Å². The summed E-state index contributed by atoms with van der Waals surface area (Å²) in [6.07, 6.45) is 3.15. The van der Waals surface area contributed by atoms with Crippen LogP contribution in [-0.4, -0.2) is 77.6 Å². The molecule has 1 fully saturated rings. The number of benzene rings is 4. The first kappa shape index (κ1) is 37.7. The molecule has 6 aromatic rings. The summed E-state index contributed by atoms with van der Waals surface area (Å²) < 4.78 is 18.9. The molecule has 12 heteroatoms. The van der Waals surface area contributed by atoms with Crippen LogP contribution in [-0.2, 0) is 19.8 Å². The van der Waals surface area contributed by atoms with Crippen molar-refractivity contribution in [3.05, 3.63) is 130 Å². The molecule has 0 atom stereocenters. The number of anilines is 2. The number of pyridine rings is 1. The normalized spacial score (nSPS) is 13.3. The van der Waals surface area contributed by atoms with Gasteiger partial charge in [0.15, 0.2) is 5.58 Å². The predicted molar refractivity (Wildman–Crippen MR) is 214 cm³/mol. The zero-order valence-corrected chi connectivity index (χ0v) is 31.6. The van der Waals surface area contributed by atoms with Crippen LogP contribution >= 0.6 is 11.6 Å². The number of aromatic nitrogens is 2. The molecule has 55 heavy (non-hydrogen) atoms. The van der Waals surface area contributed by atoms with Crippen LogP contribution in [0.25, 0.3) is 22.2 Å². The highest BCUT2D eigenvalue weighted by Gasteiger charge is 2.23. The Morgan fingerprint density at radius 2 is 1.67 bits per heavy atom. The molecule has 4 aromatic carbocycles. The van der Waals surface area contributed by atoms with Crippen molar-refractivity contribution in [1.29, 1.82) is 5.26 Å². The van der Waals surface area contributed by atoms with Gasteiger partial charge in [-0.25, -0.2) is 0 Å². The molecule has 0 unspecified atom stereocenters. The molecule has 0 bridgehead atoms. The highest BCUT2D eigenvalue weighted by molar-refractivity contribution is 6.32. The van der Waals surface area contributed by atoms with Gasteiger partial charge >= 0.3 is 0 Å². The predicted octanol–water partition coefficient (Wildman–Crippen LogP) is 6.99. The molecule has 0 saturated carbocycles. The summed E-state index contributed by atoms with van der Waals surface area (Å²) in [5.41, 5.74) is 8.41. The fraction of sp³-hybridized carbons (Fsp3) is 0.279. The van der Waals surface area contributed by atoms with E-state index in [2.05, 4.69) is 53.0 Å². The number of rotatable bonds is 14. The van der Waals surface area contributed by atoms with Gasteiger partial charge in [0.05, 0.1) is 29.8 Å². The number of fused-ring (bicyclic) bond motifs is 1. The van der Waals surface area contributed by atoms with E-state index in [1.165, 1.54) is 6.20 Å². The summed E-state index contributed by atoms with van der Waals surface area (Å²) in [5, 5.41) is 30.1. The van der Waals surface area contributed by atoms with Crippen molar-refractivity contribution in [2.75, 3.05) is 56.2 Å². The molecule has 2 aromatic heterocycles. The van der Waals surface area contributed by atoms with Gasteiger partial charge in [-0.15, -0.1) is 0 Å². The Labute approximate surface area is 325 Å². The zero-order valence-electron chi connectivity index (χ0n) is 30.9. The number of hydrogen-bond donors (Lipinski definition) is 2. The largest absolute Gasteiger partial charge is 0.488 e. The molecule has 0 radical (unpaired) electrons. The van der Waals surface area contributed by atoms with Gasteiger partial charge in [0.2, 0.25) is 0 Å². The van der Waals surface area contributed by atoms with Gasteiger partial charge in [-0.05, 0) is 72.6 Å². The van der Waals surface area contributed by atoms with E-state index in [9.17, 15) is 15.5 Å². The first-order valence-corrected chi connectivity index (χ1v) is 18.6. The van der Waals surface area contributed by atoms with Crippen LogP contribution in [0.1, 0.15) is 27.8 Å². The van der Waals surface area contributed by atoms with E-state index in [0.29, 0.717) is 28.1 Å². The van der Waals surface area contributed by atoms with Crippen LogP contribution in [0.4, 0.5) is 11.7 Å². The van der Waals surface area contributed by atoms with E-state index in [4.69, 9.17) is 30.5 Å². The van der Waals surface area contributed by atoms with Crippen molar-refractivity contribution in [3.63, 3.8) is 0 Å². The van der Waals surface area contributed by atoms with Gasteiger partial charge in [-0.2, -0.15) is 10.2 Å². The van der Waals surface area contributed by atoms with Crippen LogP contribution in [0.5, 0.6) is 11.5 Å². The lowest BCUT2D eigenvalue weighted by Gasteiger charge is -2.32. The molecule has 11 nitrogen and oxygen atoms in total. The Morgan fingerprint density at radius 3 is 2.44 bits per heavy atom. The Kier molecular flexibility index (Phi) is 11.8. The zero-order chi connectivity index (χ0) is 38.3. The fourth-order valence-electron chi connectivity index (χ4n) is 6.75. The maximum absolute atomic E-state index is 10.2. The van der Waals surface area contributed by atoms with E-state index < -0.39 is 6.04 Å². The van der Waals surface area contributed by atoms with Crippen LogP contribution in [0.2, 0.25) is 5.02 Å². The molecule has 282 valence electrons. The van der Waals surface area contributed by atoms with Crippen molar-refractivity contribution in [2.24, 2.45) is 0 Å². The van der Waals surface area contributed by atoms with E-state index in [0.717, 1.165) is 76.3 Å². The van der Waals surface area contributed by atoms with Gasteiger partial charge < -0.3 is 38.8 Å². The van der Waals surface area contributed by atoms with Gasteiger partial charge in [0.25, 0.3) is 6.01 Å². The number of likely N-dealkylation sites (N-methyl/N-ethyl adjacent to an activating group) is 1. The number of oxazole rings is 1. The molecule has 1 aliphatic rings. The summed E-state index contributed by atoms with van der Waals surface area (Å²) in [6, 6.07) is 29.3. The minimum atomic E-state index is -0.569. The molecule has 7 rings (SSSR count). The maximum Gasteiger partial charge on any atom is 0.298 e. The highest BCUT2D eigenvalue weighted by Crippen LogP contribution is 2.37. The van der Waals surface area contributed by atoms with Crippen molar-refractivity contribution in [3.8, 4) is 28.7 Å². The minimum absolute atomic E-state index is 0.138. The molecule has 0 aliphatic carbocycles. The monoisotopic (exact) mass is 758 g/mol. The summed E-state index contributed by atoms with van der Waals surface area (Å²) in [5.74, 6) is 0.932. The fourth-order valence-corrected chi connectivity index (χ4v) is 6.99. The summed E-state index contributed by atoms with van der Waals surface area (Å²) in [7, 11) is 2.13. The number of ether oxygens (including phenoxy) is 2. The number of halogens is 1. The number of aliphatic hydroxyl groups excluding tert-OH is 2. The van der Waals surface area contributed by atoms with Crippen molar-refractivity contribution < 1.29 is 24.1 Å². The number of aliphatic hydroxyl groups is 2. The second-order valence-electron chi connectivity index (χ2n) is 13.7. The molecular formula is C43H43ClN6O5. The molecule has 0 amide bonds. The van der Waals surface area contributed by atoms with Crippen molar-refractivity contribution in [2.45, 2.75) is 32.7 Å². The minimum Gasteiger partial charge on any atom is -0.488 e. The first-order chi connectivity index (χ1) is 26.8. The second-order valence-corrected chi connectivity index (χ2v) is 14.1. The van der Waals surface area contributed by atoms with Gasteiger partial charge in [0, 0.05) is 68.0 Å². The average Bonchev–Trinajstić information content (AvgIpc) is 3.65. The third kappa shape index (κ3) is 8.69. The lowest BCUT2D eigenvalue weighted by Crippen LogP contribution is -2.44. The lowest BCUT2D eigenvalue weighted by molar-refractivity contribution is 0.186. The van der Waals surface area contributed by atoms with Crippen LogP contribution in [0.15, 0.2) is 102 Å². The third-order valence-electron chi connectivity index (χ3n) is 10.0. The third-order valence-corrected chi connectivity index (χ3v) is 10.3. The number of nitrogens with zero attached hydrogens (tertiary/aromatic N) is 6. The Balaban J connectivity index is 1.15. The number of piperazine rings is 1. The molecule has 2 N–H and O–H groups in total. The Hall–Kier alpha value is -5.64. The number of nitriles is 1. The van der Waals surface area contributed by atoms with Crippen LogP contribution < -0.4 is 19.3 Å². The molecular weight excluding hydrogens is 716 g/mol. The number of para-hydroxylation sites is 1. The van der Waals surface area contributed by atoms with Crippen molar-refractivity contribution in [1.82, 2.24) is 14.9 Å². The van der Waals surface area contributed by atoms with E-state index in [-0.39, 0.29) is 33.0 Å². The van der Waals surface area contributed by atoms with Crippen molar-refractivity contribution >= 4 is 34.4 Å². The highest BCUT2D eigenvalue weighted by atomic mass is 35.5. The molecule has 3 heterocycles. The SMILES string of the molecule is Cc1c(COc2cc(OCc3cncc(C#N)c3)c(CN(c3ccccc3)C(CO)CO)cc2Cl)cccc1-c1ccc2oc(N3CCN(C)CC3)nc2c1. The van der Waals surface area contributed by atoms with Gasteiger partial charge in [-0.3, -0.25) is 4.98 Å². The maximum atomic E-state index is 10.2. The number of hydrogen-bond acceptors (Lipinski definition) is 11. The van der Waals surface area contributed by atoms with Gasteiger partial charge in [0.1, 0.15) is 36.3 Å². The summed E-state index contributed by atoms with van der Waals surface area (Å²) in [6.45, 7) is 5.93. The molecule has 0 spiro atoms. The van der Waals surface area contributed by atoms with Crippen LogP contribution in [0.3, 0.4) is 0 Å². The molecule has 1 saturated heterocycles. The first-order valence-electron chi connectivity index (χ1n) is 18.2. The smallest absolute Gasteiger partial charge is 0.298 e. The quantitative estimate of drug-likeness (QED) is 0.119. The standard InChI is InChI=1S/C43H43ClN6O5/c1-29-33(7-6-10-37(29)32-11-12-40-39(19-32)47-43(55-40)49-15-13-48(2)14-16-49)28-54-42-20-41(53-27-31-17-30(21-45)22-46-23-31)34(18-38(42)44)24-50(36(25-51)26-52)35-8-4-3-5-9-35/h3-12,17-20,22-23,36,51-52H,13-16,24-28H2,1-2H3. The lowest BCUT2D eigenvalue weighted by atomic mass is 9.96. The van der Waals surface area contributed by atoms with Crippen LogP contribution in [0, 0.1) is 18.3 Å². The van der Waals surface area contributed by atoms with E-state index >= 15 is 0 Å². The second kappa shape index (κ2) is 17.2. The van der Waals surface area contributed by atoms with Gasteiger partial charge in [-0.1, -0.05) is 54.1 Å². The topological polar surface area (TPSA) is 131 Å². The average molecular weight is 759 g/mol. The summed E-state index contributed by atoms with van der Waals surface area (Å²) in [4.78, 5) is 15.4. The summed E-state index contributed by atoms with van der Waals surface area (Å²) >= 11 is 6.92. The van der Waals surface area contributed by atoms with E-state index in [1.807, 2.05) is 53.4 Å².